The van der Waals surface area contributed by atoms with E-state index in [1.165, 1.54) is 12.1 Å². The number of ether oxygens (including phenoxy) is 4. The van der Waals surface area contributed by atoms with E-state index in [4.69, 9.17) is 40.5 Å². The van der Waals surface area contributed by atoms with Gasteiger partial charge in [-0.1, -0.05) is 86.0 Å². The molecule has 4 heterocycles. The van der Waals surface area contributed by atoms with Gasteiger partial charge in [0.15, 0.2) is 5.82 Å². The second-order valence-corrected chi connectivity index (χ2v) is 23.8. The first-order valence-corrected chi connectivity index (χ1v) is 31.7. The van der Waals surface area contributed by atoms with E-state index in [0.717, 1.165) is 77.7 Å². The molecule has 1 unspecified atom stereocenters. The number of carbonyl (C=O) groups excluding carboxylic acids is 4. The second-order valence-electron chi connectivity index (χ2n) is 22.5. The number of carbonyl (C=O) groups is 4. The summed E-state index contributed by atoms with van der Waals surface area (Å²) in [7, 11) is 3.46. The number of fused-ring (bicyclic) bond motifs is 3. The number of amides is 4. The van der Waals surface area contributed by atoms with Gasteiger partial charge in [0.25, 0.3) is 0 Å². The average molecular weight is 1240 g/mol. The lowest BCUT2D eigenvalue weighted by atomic mass is 9.83. The number of hydrogen-bond acceptors (Lipinski definition) is 16. The smallest absolute Gasteiger partial charge is 0.246 e. The van der Waals surface area contributed by atoms with E-state index >= 15 is 4.39 Å². The highest BCUT2D eigenvalue weighted by molar-refractivity contribution is 7.10. The van der Waals surface area contributed by atoms with Crippen molar-refractivity contribution in [2.24, 2.45) is 5.92 Å². The van der Waals surface area contributed by atoms with Crippen LogP contribution in [0.1, 0.15) is 69.3 Å². The van der Waals surface area contributed by atoms with Crippen molar-refractivity contribution in [1.29, 1.82) is 0 Å². The number of halogens is 2. The van der Waals surface area contributed by atoms with E-state index in [9.17, 15) is 24.3 Å². The highest BCUT2D eigenvalue weighted by Crippen LogP contribution is 2.44. The normalized spacial score (nSPS) is 16.3. The molecule has 0 spiro atoms. The highest BCUT2D eigenvalue weighted by Gasteiger charge is 2.40. The lowest BCUT2D eigenvalue weighted by Crippen LogP contribution is -2.55. The molecule has 2 aromatic heterocycles. The maximum atomic E-state index is 17.0. The lowest BCUT2D eigenvalue weighted by Gasteiger charge is -2.35. The molecule has 88 heavy (non-hydrogen) atoms. The first kappa shape index (κ1) is 63.5. The van der Waals surface area contributed by atoms with E-state index in [0.29, 0.717) is 113 Å². The third-order valence-electron chi connectivity index (χ3n) is 16.9. The minimum absolute atomic E-state index is 0.00100. The number of aromatic hydroxyl groups is 1. The van der Waals surface area contributed by atoms with Crippen molar-refractivity contribution >= 4 is 90.8 Å². The Morgan fingerprint density at radius 3 is 2.26 bits per heavy atom. The van der Waals surface area contributed by atoms with Crippen LogP contribution in [0.25, 0.3) is 54.8 Å². The van der Waals surface area contributed by atoms with Crippen LogP contribution in [0, 0.1) is 11.7 Å². The van der Waals surface area contributed by atoms with Crippen LogP contribution >= 0.6 is 22.9 Å². The molecule has 3 atom stereocenters. The fourth-order valence-corrected chi connectivity index (χ4v) is 13.2. The molecule has 1 aliphatic carbocycles. The molecule has 22 heteroatoms. The molecule has 4 N–H and O–H groups in total. The zero-order chi connectivity index (χ0) is 61.7. The third-order valence-corrected chi connectivity index (χ3v) is 18.2. The van der Waals surface area contributed by atoms with Crippen LogP contribution in [0.5, 0.6) is 11.5 Å². The quantitative estimate of drug-likeness (QED) is 0.0279. The molecule has 0 radical (unpaired) electrons. The van der Waals surface area contributed by atoms with Crippen molar-refractivity contribution in [3.63, 3.8) is 0 Å². The summed E-state index contributed by atoms with van der Waals surface area (Å²) >= 11 is 8.48. The molecule has 7 aromatic rings. The number of nitrogens with one attached hydrogen (secondary N) is 3. The van der Waals surface area contributed by atoms with E-state index in [-0.39, 0.29) is 76.4 Å². The van der Waals surface area contributed by atoms with Crippen molar-refractivity contribution in [2.75, 3.05) is 116 Å². The molecule has 2 saturated heterocycles. The maximum Gasteiger partial charge on any atom is 0.246 e. The van der Waals surface area contributed by atoms with Gasteiger partial charge in [-0.25, -0.2) is 14.4 Å². The van der Waals surface area contributed by atoms with Gasteiger partial charge in [0, 0.05) is 86.6 Å². The fraction of sp³-hybridized carbons (Fsp3) is 0.439. The number of likely N-dealkylation sites (tertiary alicyclic amines) is 1. The van der Waals surface area contributed by atoms with Gasteiger partial charge >= 0.3 is 0 Å². The Morgan fingerprint density at radius 1 is 0.818 bits per heavy atom. The molecule has 466 valence electrons. The van der Waals surface area contributed by atoms with E-state index in [1.807, 2.05) is 71.3 Å². The van der Waals surface area contributed by atoms with Gasteiger partial charge < -0.3 is 59.6 Å². The summed E-state index contributed by atoms with van der Waals surface area (Å²) in [6.07, 6.45) is 8.26. The standard InChI is InChI=1S/C66H78ClFN10O9S/c1-5-56(80)76-26-28-77(29-27-76)62-51-40-52(67)58(50-39-45(79)38-44-16-9-10-17-46(44)50)59(68)61(51)73-66(74-62)70-24-23-57(81)75(4)30-31-84-32-33-85-34-35-86-36-37-87-55-22-21-48(47-18-11-12-19-49(47)55)53-41-88-64(71-53)54-20-13-25-78(54)65(83)60(43-14-7-6-8-15-43)72-63(82)42(2)69-3/h5,9-12,16-19,21-22,38-43,54,60,69,79H,1,6-8,13-15,20,23-37H2,2-4H3,(H,72,82)(H,70,73,74)/t42-,54-,60?/m0/s1. The van der Waals surface area contributed by atoms with Crippen molar-refractivity contribution in [1.82, 2.24) is 40.3 Å². The van der Waals surface area contributed by atoms with Crippen LogP contribution in [0.15, 0.2) is 96.9 Å². The van der Waals surface area contributed by atoms with Gasteiger partial charge in [-0.3, -0.25) is 19.2 Å². The van der Waals surface area contributed by atoms with Crippen LogP contribution in [0.2, 0.25) is 5.02 Å². The number of anilines is 2. The fourth-order valence-electron chi connectivity index (χ4n) is 12.0. The van der Waals surface area contributed by atoms with Crippen LogP contribution in [0.3, 0.4) is 0 Å². The zero-order valence-corrected chi connectivity index (χ0v) is 51.8. The molecule has 19 nitrogen and oxygen atoms in total. The van der Waals surface area contributed by atoms with Gasteiger partial charge in [0.1, 0.15) is 40.5 Å². The average Bonchev–Trinajstić information content (AvgIpc) is 0.866. The Morgan fingerprint density at radius 2 is 1.52 bits per heavy atom. The number of aromatic nitrogens is 3. The number of hydrogen-bond donors (Lipinski definition) is 4. The molecule has 1 saturated carbocycles. The number of phenols is 1. The van der Waals surface area contributed by atoms with Gasteiger partial charge in [0.05, 0.1) is 62.4 Å². The Labute approximate surface area is 521 Å². The van der Waals surface area contributed by atoms with E-state index in [2.05, 4.69) is 39.0 Å². The molecule has 0 bridgehead atoms. The number of nitrogens with zero attached hydrogens (tertiary/aromatic N) is 7. The molecule has 4 amide bonds. The van der Waals surface area contributed by atoms with Crippen LogP contribution in [-0.4, -0.2) is 177 Å². The van der Waals surface area contributed by atoms with Gasteiger partial charge in [-0.15, -0.1) is 11.3 Å². The van der Waals surface area contributed by atoms with Gasteiger partial charge in [0.2, 0.25) is 29.6 Å². The monoisotopic (exact) mass is 1240 g/mol. The zero-order valence-electron chi connectivity index (χ0n) is 50.2. The second kappa shape index (κ2) is 30.1. The molecule has 2 aliphatic heterocycles. The van der Waals surface area contributed by atoms with Crippen LogP contribution in [0.4, 0.5) is 16.2 Å². The summed E-state index contributed by atoms with van der Waals surface area (Å²) in [4.78, 5) is 74.9. The van der Waals surface area contributed by atoms with Crippen molar-refractivity contribution in [3.8, 4) is 33.9 Å². The highest BCUT2D eigenvalue weighted by atomic mass is 35.5. The largest absolute Gasteiger partial charge is 0.508 e. The summed E-state index contributed by atoms with van der Waals surface area (Å²) in [6.45, 7) is 10.6. The Balaban J connectivity index is 0.648. The van der Waals surface area contributed by atoms with Crippen LogP contribution < -0.4 is 25.6 Å². The molecule has 10 rings (SSSR count). The molecule has 3 fully saturated rings. The number of rotatable bonds is 27. The molecular weight excluding hydrogens is 1160 g/mol. The number of piperazine rings is 1. The van der Waals surface area contributed by atoms with E-state index < -0.39 is 17.9 Å². The number of likely N-dealkylation sites (N-methyl/N-ethyl adjacent to an activating group) is 2. The van der Waals surface area contributed by atoms with Crippen molar-refractivity contribution in [2.45, 2.75) is 76.4 Å². The van der Waals surface area contributed by atoms with Crippen molar-refractivity contribution in [3.05, 3.63) is 113 Å². The lowest BCUT2D eigenvalue weighted by molar-refractivity contribution is -0.139. The predicted molar refractivity (Wildman–Crippen MR) is 343 cm³/mol. The molecule has 5 aromatic carbocycles. The number of benzene rings is 5. The maximum absolute atomic E-state index is 17.0. The third kappa shape index (κ3) is 15.0. The van der Waals surface area contributed by atoms with Crippen molar-refractivity contribution < 1.29 is 47.6 Å². The van der Waals surface area contributed by atoms with Gasteiger partial charge in [-0.05, 0) is 104 Å². The summed E-state index contributed by atoms with van der Waals surface area (Å²) in [5.74, 6) is 0.203. The SMILES string of the molecule is C=CC(=O)N1CCN(c2nc(NCCC(=O)N(C)CCOCCOCCOCCOc3ccc(-c4csc([C@@H]5CCCN5C(=O)C(NC(=O)[C@H](C)NC)C5CCCCC5)n4)c4ccccc34)nc3c(F)c(-c4cc(O)cc5ccccc45)c(Cl)cc23)CC1. The summed E-state index contributed by atoms with van der Waals surface area (Å²) in [5, 5.41) is 26.8. The Bertz CT molecular complexity index is 3620. The number of thiazole rings is 1. The minimum Gasteiger partial charge on any atom is -0.508 e. The van der Waals surface area contributed by atoms with E-state index in [1.54, 1.807) is 47.4 Å². The Hall–Kier alpha value is -7.53. The summed E-state index contributed by atoms with van der Waals surface area (Å²) in [5.41, 5.74) is 2.33. The first-order valence-electron chi connectivity index (χ1n) is 30.5. The topological polar surface area (TPSA) is 213 Å². The first-order chi connectivity index (χ1) is 42.8. The molecule has 3 aliphatic rings. The summed E-state index contributed by atoms with van der Waals surface area (Å²) in [6, 6.07) is 23.1. The predicted octanol–water partition coefficient (Wildman–Crippen LogP) is 9.79. The molecular formula is C66H78ClFN10O9S. The van der Waals surface area contributed by atoms with Crippen LogP contribution in [-0.2, 0) is 33.4 Å². The Kier molecular flexibility index (Phi) is 21.7. The summed E-state index contributed by atoms with van der Waals surface area (Å²) < 4.78 is 40.6. The van der Waals surface area contributed by atoms with Gasteiger partial charge in [-0.2, -0.15) is 4.98 Å². The number of phenolic OH excluding ortho intramolecular Hbond substituents is 1. The minimum atomic E-state index is -0.689.